The third-order valence-corrected chi connectivity index (χ3v) is 6.88. The van der Waals surface area contributed by atoms with E-state index in [1.165, 1.54) is 0 Å². The van der Waals surface area contributed by atoms with Crippen molar-refractivity contribution >= 4 is 15.9 Å². The lowest BCUT2D eigenvalue weighted by atomic mass is 10.1. The summed E-state index contributed by atoms with van der Waals surface area (Å²) in [6.07, 6.45) is 0.441. The molecular weight excluding hydrogens is 304 g/mol. The Kier molecular flexibility index (Phi) is 4.56. The lowest BCUT2D eigenvalue weighted by molar-refractivity contribution is 0.195. The summed E-state index contributed by atoms with van der Waals surface area (Å²) in [6, 6.07) is 3.17. The van der Waals surface area contributed by atoms with Gasteiger partial charge < -0.3 is 14.6 Å². The second-order valence-electron chi connectivity index (χ2n) is 6.44. The van der Waals surface area contributed by atoms with Gasteiger partial charge in [-0.25, -0.2) is 13.2 Å². The highest BCUT2D eigenvalue weighted by Crippen LogP contribution is 2.25. The second kappa shape index (κ2) is 5.95. The topological polar surface area (TPSA) is 79.6 Å². The lowest BCUT2D eigenvalue weighted by Gasteiger charge is -2.24. The fraction of sp³-hybridized carbons (Fsp3) is 0.667. The van der Waals surface area contributed by atoms with Crippen LogP contribution in [-0.4, -0.2) is 42.9 Å². The highest BCUT2D eigenvalue weighted by molar-refractivity contribution is 7.92. The van der Waals surface area contributed by atoms with Crippen LogP contribution in [0.5, 0.6) is 0 Å². The number of carbonyl (C=O) groups is 1. The van der Waals surface area contributed by atoms with Gasteiger partial charge in [-0.15, -0.1) is 0 Å². The van der Waals surface area contributed by atoms with Gasteiger partial charge in [-0.2, -0.15) is 0 Å². The molecule has 0 aliphatic carbocycles. The number of hydrogen-bond donors (Lipinski definition) is 1. The quantitative estimate of drug-likeness (QED) is 0.903. The number of aryl methyl sites for hydroxylation is 1. The normalized spacial score (nSPS) is 21.9. The number of carbonyl (C=O) groups excluding carboxylic acids is 1. The molecule has 1 fully saturated rings. The van der Waals surface area contributed by atoms with Crippen LogP contribution in [-0.2, 0) is 9.84 Å². The number of furan rings is 1. The SMILES string of the molecule is Cc1ccc([C@H](C)NC(=O)N2CCC(C)(C)S(=O)(=O)CC2)o1. The van der Waals surface area contributed by atoms with Crippen LogP contribution >= 0.6 is 0 Å². The minimum absolute atomic E-state index is 0.00165. The number of nitrogens with one attached hydrogen (secondary N) is 1. The number of hydrogen-bond acceptors (Lipinski definition) is 4. The molecule has 2 amide bonds. The van der Waals surface area contributed by atoms with Crippen LogP contribution in [0.15, 0.2) is 16.5 Å². The van der Waals surface area contributed by atoms with Gasteiger partial charge in [0.2, 0.25) is 0 Å². The third-order valence-electron chi connectivity index (χ3n) is 4.27. The van der Waals surface area contributed by atoms with Crippen molar-refractivity contribution in [1.29, 1.82) is 0 Å². The molecule has 0 radical (unpaired) electrons. The molecule has 0 bridgehead atoms. The summed E-state index contributed by atoms with van der Waals surface area (Å²) in [4.78, 5) is 13.9. The van der Waals surface area contributed by atoms with E-state index in [-0.39, 0.29) is 24.4 Å². The van der Waals surface area contributed by atoms with Crippen molar-refractivity contribution in [1.82, 2.24) is 10.2 Å². The molecule has 0 spiro atoms. The van der Waals surface area contributed by atoms with Crippen molar-refractivity contribution in [2.24, 2.45) is 0 Å². The predicted octanol–water partition coefficient (Wildman–Crippen LogP) is 2.26. The Labute approximate surface area is 131 Å². The summed E-state index contributed by atoms with van der Waals surface area (Å²) in [5, 5.41) is 2.86. The van der Waals surface area contributed by atoms with Crippen molar-refractivity contribution in [3.63, 3.8) is 0 Å². The maximum Gasteiger partial charge on any atom is 0.318 e. The fourth-order valence-corrected chi connectivity index (χ4v) is 3.83. The Morgan fingerprint density at radius 2 is 2.05 bits per heavy atom. The first-order valence-corrected chi connectivity index (χ1v) is 9.12. The Hall–Kier alpha value is -1.50. The molecule has 22 heavy (non-hydrogen) atoms. The minimum Gasteiger partial charge on any atom is -0.464 e. The maximum atomic E-state index is 12.3. The summed E-state index contributed by atoms with van der Waals surface area (Å²) in [6.45, 7) is 7.79. The van der Waals surface area contributed by atoms with Crippen LogP contribution < -0.4 is 5.32 Å². The first kappa shape index (κ1) is 16.9. The van der Waals surface area contributed by atoms with Crippen molar-refractivity contribution < 1.29 is 17.6 Å². The molecule has 1 saturated heterocycles. The van der Waals surface area contributed by atoms with Crippen molar-refractivity contribution in [2.75, 3.05) is 18.8 Å². The zero-order valence-electron chi connectivity index (χ0n) is 13.5. The Bertz CT molecular complexity index is 648. The van der Waals surface area contributed by atoms with Crippen molar-refractivity contribution in [2.45, 2.75) is 44.9 Å². The summed E-state index contributed by atoms with van der Waals surface area (Å²) >= 11 is 0. The van der Waals surface area contributed by atoms with Gasteiger partial charge in [0.05, 0.1) is 16.5 Å². The highest BCUT2D eigenvalue weighted by atomic mass is 32.2. The van der Waals surface area contributed by atoms with E-state index in [2.05, 4.69) is 5.32 Å². The predicted molar refractivity (Wildman–Crippen MR) is 84.4 cm³/mol. The Morgan fingerprint density at radius 1 is 1.36 bits per heavy atom. The number of urea groups is 1. The molecule has 0 aromatic carbocycles. The summed E-state index contributed by atoms with van der Waals surface area (Å²) in [7, 11) is -3.18. The van der Waals surface area contributed by atoms with Crippen LogP contribution in [0.2, 0.25) is 0 Å². The van der Waals surface area contributed by atoms with Gasteiger partial charge in [0.25, 0.3) is 0 Å². The smallest absolute Gasteiger partial charge is 0.318 e. The van der Waals surface area contributed by atoms with Crippen LogP contribution in [0, 0.1) is 6.92 Å². The zero-order chi connectivity index (χ0) is 16.5. The van der Waals surface area contributed by atoms with Crippen LogP contribution in [0.4, 0.5) is 4.79 Å². The summed E-state index contributed by atoms with van der Waals surface area (Å²) in [5.74, 6) is 1.48. The largest absolute Gasteiger partial charge is 0.464 e. The number of nitrogens with zero attached hydrogens (tertiary/aromatic N) is 1. The van der Waals surface area contributed by atoms with E-state index in [9.17, 15) is 13.2 Å². The first-order chi connectivity index (χ1) is 10.1. The number of amides is 2. The zero-order valence-corrected chi connectivity index (χ0v) is 14.4. The minimum atomic E-state index is -3.18. The van der Waals surface area contributed by atoms with E-state index < -0.39 is 14.6 Å². The highest BCUT2D eigenvalue weighted by Gasteiger charge is 2.38. The monoisotopic (exact) mass is 328 g/mol. The van der Waals surface area contributed by atoms with Crippen molar-refractivity contribution in [3.8, 4) is 0 Å². The van der Waals surface area contributed by atoms with E-state index in [0.29, 0.717) is 18.7 Å². The molecule has 1 aromatic heterocycles. The summed E-state index contributed by atoms with van der Waals surface area (Å²) in [5.41, 5.74) is 0. The van der Waals surface area contributed by atoms with Gasteiger partial charge in [-0.3, -0.25) is 0 Å². The molecule has 124 valence electrons. The van der Waals surface area contributed by atoms with Gasteiger partial charge in [0.1, 0.15) is 11.5 Å². The average molecular weight is 328 g/mol. The molecule has 2 heterocycles. The molecule has 2 rings (SSSR count). The summed E-state index contributed by atoms with van der Waals surface area (Å²) < 4.78 is 29.0. The number of rotatable bonds is 2. The molecule has 1 N–H and O–H groups in total. The first-order valence-electron chi connectivity index (χ1n) is 7.46. The molecule has 7 heteroatoms. The van der Waals surface area contributed by atoms with E-state index in [1.807, 2.05) is 26.0 Å². The molecule has 1 aromatic rings. The number of sulfone groups is 1. The Morgan fingerprint density at radius 3 is 2.64 bits per heavy atom. The standard InChI is InChI=1S/C15H24N2O4S/c1-11-5-6-13(21-11)12(2)16-14(18)17-8-7-15(3,4)22(19,20)10-9-17/h5-6,12H,7-10H2,1-4H3,(H,16,18)/t12-/m0/s1. The van der Waals surface area contributed by atoms with Gasteiger partial charge in [0.15, 0.2) is 9.84 Å². The van der Waals surface area contributed by atoms with Gasteiger partial charge in [0, 0.05) is 13.1 Å². The van der Waals surface area contributed by atoms with E-state index in [4.69, 9.17) is 4.42 Å². The van der Waals surface area contributed by atoms with Crippen LogP contribution in [0.25, 0.3) is 0 Å². The average Bonchev–Trinajstić information content (AvgIpc) is 2.80. The van der Waals surface area contributed by atoms with Crippen LogP contribution in [0.1, 0.15) is 44.8 Å². The van der Waals surface area contributed by atoms with Gasteiger partial charge in [-0.1, -0.05) is 0 Å². The second-order valence-corrected chi connectivity index (χ2v) is 9.18. The Balaban J connectivity index is 2.01. The molecule has 0 saturated carbocycles. The maximum absolute atomic E-state index is 12.3. The molecule has 1 aliphatic heterocycles. The molecule has 6 nitrogen and oxygen atoms in total. The molecule has 1 aliphatic rings. The van der Waals surface area contributed by atoms with Crippen LogP contribution in [0.3, 0.4) is 0 Å². The van der Waals surface area contributed by atoms with Gasteiger partial charge >= 0.3 is 6.03 Å². The fourth-order valence-electron chi connectivity index (χ4n) is 2.42. The third kappa shape index (κ3) is 3.45. The molecule has 1 atom stereocenters. The van der Waals surface area contributed by atoms with E-state index >= 15 is 0 Å². The van der Waals surface area contributed by atoms with Crippen molar-refractivity contribution in [3.05, 3.63) is 23.7 Å². The van der Waals surface area contributed by atoms with Gasteiger partial charge in [-0.05, 0) is 46.2 Å². The molecule has 0 unspecified atom stereocenters. The van der Waals surface area contributed by atoms with E-state index in [0.717, 1.165) is 5.76 Å². The molecular formula is C15H24N2O4S. The lowest BCUT2D eigenvalue weighted by Crippen LogP contribution is -2.42. The van der Waals surface area contributed by atoms with E-state index in [1.54, 1.807) is 18.7 Å².